The Labute approximate surface area is 167 Å². The minimum Gasteiger partial charge on any atom is -0.341 e. The average Bonchev–Trinajstić information content (AvgIpc) is 2.62. The van der Waals surface area contributed by atoms with Crippen molar-refractivity contribution in [3.63, 3.8) is 0 Å². The summed E-state index contributed by atoms with van der Waals surface area (Å²) in [6.45, 7) is 10.9. The Morgan fingerprint density at radius 1 is 1.29 bits per heavy atom. The number of nitrogens with zero attached hydrogens (tertiary/aromatic N) is 2. The van der Waals surface area contributed by atoms with Crippen molar-refractivity contribution in [1.29, 1.82) is 0 Å². The van der Waals surface area contributed by atoms with E-state index in [9.17, 15) is 18.0 Å². The maximum absolute atomic E-state index is 12.2. The molecule has 0 aromatic rings. The van der Waals surface area contributed by atoms with Crippen LogP contribution in [0.2, 0.25) is 0 Å². The molecule has 0 saturated heterocycles. The molecule has 0 fully saturated rings. The van der Waals surface area contributed by atoms with Crippen molar-refractivity contribution < 1.29 is 18.0 Å². The lowest BCUT2D eigenvalue weighted by molar-refractivity contribution is -0.128. The first-order valence-electron chi connectivity index (χ1n) is 8.60. The second-order valence-corrected chi connectivity index (χ2v) is 8.26. The second-order valence-electron chi connectivity index (χ2n) is 6.25. The standard InChI is InChI=1S/C20H27N3O4S/c1-7-17(10-9-11-19(8-2)28(6,26)27)12-18-14-22(16(4)24)15(3)13-23(18)20(25)21-5/h7-12,14-15H,1-2,13H2,3-6H3,(H,21,25)/b10-9+,17-12+,19-11+/t15-/m0/s1. The number of carbonyl (C=O) groups is 2. The summed E-state index contributed by atoms with van der Waals surface area (Å²) < 4.78 is 23.2. The smallest absolute Gasteiger partial charge is 0.321 e. The summed E-state index contributed by atoms with van der Waals surface area (Å²) in [5, 5.41) is 2.59. The molecule has 0 aromatic carbocycles. The number of hydrogen-bond donors (Lipinski definition) is 1. The first kappa shape index (κ1) is 23.2. The lowest BCUT2D eigenvalue weighted by Crippen LogP contribution is -2.50. The molecule has 152 valence electrons. The van der Waals surface area contributed by atoms with E-state index < -0.39 is 9.84 Å². The largest absolute Gasteiger partial charge is 0.341 e. The molecule has 0 radical (unpaired) electrons. The van der Waals surface area contributed by atoms with Crippen molar-refractivity contribution in [1.82, 2.24) is 15.1 Å². The zero-order valence-electron chi connectivity index (χ0n) is 16.7. The third-order valence-corrected chi connectivity index (χ3v) is 5.22. The number of nitrogens with one attached hydrogen (secondary N) is 1. The lowest BCUT2D eigenvalue weighted by atomic mass is 10.1. The Bertz CT molecular complexity index is 879. The molecule has 0 saturated carbocycles. The zero-order chi connectivity index (χ0) is 21.5. The molecule has 7 nitrogen and oxygen atoms in total. The van der Waals surface area contributed by atoms with Gasteiger partial charge in [0.15, 0.2) is 9.84 Å². The van der Waals surface area contributed by atoms with Gasteiger partial charge < -0.3 is 10.2 Å². The number of hydrogen-bond acceptors (Lipinski definition) is 4. The molecule has 0 unspecified atom stereocenters. The maximum atomic E-state index is 12.2. The highest BCUT2D eigenvalue weighted by molar-refractivity contribution is 7.94. The van der Waals surface area contributed by atoms with Gasteiger partial charge in [-0.25, -0.2) is 13.2 Å². The zero-order valence-corrected chi connectivity index (χ0v) is 17.5. The summed E-state index contributed by atoms with van der Waals surface area (Å²) in [7, 11) is -1.83. The highest BCUT2D eigenvalue weighted by atomic mass is 32.2. The summed E-state index contributed by atoms with van der Waals surface area (Å²) in [5.41, 5.74) is 1.15. The van der Waals surface area contributed by atoms with Crippen molar-refractivity contribution in [2.24, 2.45) is 0 Å². The van der Waals surface area contributed by atoms with Crippen LogP contribution in [0, 0.1) is 0 Å². The van der Waals surface area contributed by atoms with Gasteiger partial charge in [-0.05, 0) is 24.6 Å². The fourth-order valence-corrected chi connectivity index (χ4v) is 3.22. The second kappa shape index (κ2) is 9.89. The van der Waals surface area contributed by atoms with Crippen LogP contribution in [0.3, 0.4) is 0 Å². The number of urea groups is 1. The van der Waals surface area contributed by atoms with Gasteiger partial charge in [0, 0.05) is 33.0 Å². The molecule has 1 aliphatic rings. The van der Waals surface area contributed by atoms with Gasteiger partial charge in [-0.15, -0.1) is 0 Å². The highest BCUT2D eigenvalue weighted by Gasteiger charge is 2.28. The SMILES string of the molecule is C=CC(/C=C/C=C(\C=C)S(C)(=O)=O)=C\C1=CN(C(C)=O)[C@@H](C)CN1C(=O)NC. The van der Waals surface area contributed by atoms with Crippen LogP contribution in [0.5, 0.6) is 0 Å². The molecule has 28 heavy (non-hydrogen) atoms. The molecule has 1 aliphatic heterocycles. The predicted molar refractivity (Wildman–Crippen MR) is 112 cm³/mol. The van der Waals surface area contributed by atoms with Gasteiger partial charge in [-0.1, -0.05) is 37.5 Å². The summed E-state index contributed by atoms with van der Waals surface area (Å²) >= 11 is 0. The fourth-order valence-electron chi connectivity index (χ4n) is 2.59. The van der Waals surface area contributed by atoms with Crippen molar-refractivity contribution in [3.8, 4) is 0 Å². The quantitative estimate of drug-likeness (QED) is 0.688. The van der Waals surface area contributed by atoms with Crippen LogP contribution in [-0.2, 0) is 14.6 Å². The van der Waals surface area contributed by atoms with E-state index in [0.29, 0.717) is 17.8 Å². The van der Waals surface area contributed by atoms with E-state index >= 15 is 0 Å². The molecule has 0 bridgehead atoms. The molecule has 3 amide bonds. The van der Waals surface area contributed by atoms with Crippen molar-refractivity contribution in [2.75, 3.05) is 19.8 Å². The third kappa shape index (κ3) is 6.09. The van der Waals surface area contributed by atoms with Crippen LogP contribution in [0.1, 0.15) is 13.8 Å². The van der Waals surface area contributed by atoms with Crippen LogP contribution in [-0.4, -0.2) is 56.0 Å². The van der Waals surface area contributed by atoms with Crippen molar-refractivity contribution >= 4 is 21.8 Å². The molecule has 1 heterocycles. The van der Waals surface area contributed by atoms with Crippen LogP contribution >= 0.6 is 0 Å². The Morgan fingerprint density at radius 3 is 2.39 bits per heavy atom. The lowest BCUT2D eigenvalue weighted by Gasteiger charge is -2.37. The topological polar surface area (TPSA) is 86.8 Å². The van der Waals surface area contributed by atoms with Gasteiger partial charge in [0.05, 0.1) is 16.6 Å². The van der Waals surface area contributed by atoms with E-state index in [-0.39, 0.29) is 22.9 Å². The number of sulfone groups is 1. The van der Waals surface area contributed by atoms with Gasteiger partial charge in [-0.2, -0.15) is 0 Å². The van der Waals surface area contributed by atoms with Crippen LogP contribution in [0.25, 0.3) is 0 Å². The minimum atomic E-state index is -3.36. The molecule has 1 atom stereocenters. The molecular formula is C20H27N3O4S. The summed E-state index contributed by atoms with van der Waals surface area (Å²) in [6, 6.07) is -0.460. The number of rotatable bonds is 6. The highest BCUT2D eigenvalue weighted by Crippen LogP contribution is 2.21. The normalized spacial score (nSPS) is 18.7. The van der Waals surface area contributed by atoms with Gasteiger partial charge in [-0.3, -0.25) is 9.69 Å². The Morgan fingerprint density at radius 2 is 1.93 bits per heavy atom. The van der Waals surface area contributed by atoms with Gasteiger partial charge in [0.25, 0.3) is 0 Å². The average molecular weight is 406 g/mol. The number of allylic oxidation sites excluding steroid dienone is 7. The number of carbonyl (C=O) groups excluding carboxylic acids is 2. The maximum Gasteiger partial charge on any atom is 0.321 e. The monoisotopic (exact) mass is 405 g/mol. The van der Waals surface area contributed by atoms with E-state index in [4.69, 9.17) is 0 Å². The first-order chi connectivity index (χ1) is 13.0. The summed E-state index contributed by atoms with van der Waals surface area (Å²) in [5.74, 6) is -0.127. The Hall–Kier alpha value is -2.87. The summed E-state index contributed by atoms with van der Waals surface area (Å²) in [4.78, 5) is 27.3. The van der Waals surface area contributed by atoms with Crippen molar-refractivity contribution in [3.05, 3.63) is 72.0 Å². The van der Waals surface area contributed by atoms with E-state index in [1.165, 1.54) is 31.0 Å². The first-order valence-corrected chi connectivity index (χ1v) is 10.5. The van der Waals surface area contributed by atoms with Gasteiger partial charge >= 0.3 is 6.03 Å². The van der Waals surface area contributed by atoms with E-state index in [1.807, 2.05) is 6.92 Å². The Balaban J connectivity index is 3.33. The Kier molecular flexibility index (Phi) is 8.18. The van der Waals surface area contributed by atoms with Gasteiger partial charge in [0.2, 0.25) is 5.91 Å². The number of amides is 3. The van der Waals surface area contributed by atoms with Crippen LogP contribution in [0.15, 0.2) is 72.0 Å². The third-order valence-electron chi connectivity index (χ3n) is 4.06. The van der Waals surface area contributed by atoms with Gasteiger partial charge in [0.1, 0.15) is 0 Å². The molecule has 1 rings (SSSR count). The minimum absolute atomic E-state index is 0.0904. The van der Waals surface area contributed by atoms with Crippen molar-refractivity contribution in [2.45, 2.75) is 19.9 Å². The van der Waals surface area contributed by atoms with Crippen LogP contribution < -0.4 is 5.32 Å². The fraction of sp³-hybridized carbons (Fsp3) is 0.300. The molecule has 1 N–H and O–H groups in total. The molecule has 8 heteroatoms. The predicted octanol–water partition coefficient (Wildman–Crippen LogP) is 2.50. The molecule has 0 aromatic heterocycles. The molecular weight excluding hydrogens is 378 g/mol. The van der Waals surface area contributed by atoms with Crippen LogP contribution in [0.4, 0.5) is 4.79 Å². The van der Waals surface area contributed by atoms with E-state index in [2.05, 4.69) is 18.5 Å². The summed E-state index contributed by atoms with van der Waals surface area (Å²) in [6.07, 6.45) is 11.9. The molecule has 0 aliphatic carbocycles. The van der Waals surface area contributed by atoms with E-state index in [0.717, 1.165) is 6.26 Å². The molecule has 0 spiro atoms. The van der Waals surface area contributed by atoms with E-state index in [1.54, 1.807) is 35.4 Å².